The predicted octanol–water partition coefficient (Wildman–Crippen LogP) is 1.84. The molecule has 1 unspecified atom stereocenters. The SMILES string of the molecule is C=CC(=O)NCC1CSc2ccccc2O1. The molecule has 1 heterocycles. The molecule has 1 aliphatic heterocycles. The Morgan fingerprint density at radius 1 is 1.62 bits per heavy atom. The van der Waals surface area contributed by atoms with Crippen LogP contribution >= 0.6 is 11.8 Å². The molecule has 0 bridgehead atoms. The molecule has 84 valence electrons. The summed E-state index contributed by atoms with van der Waals surface area (Å²) < 4.78 is 5.76. The van der Waals surface area contributed by atoms with E-state index in [9.17, 15) is 4.79 Å². The predicted molar refractivity (Wildman–Crippen MR) is 64.8 cm³/mol. The van der Waals surface area contributed by atoms with Crippen LogP contribution in [0, 0.1) is 0 Å². The van der Waals surface area contributed by atoms with Gasteiger partial charge in [-0.25, -0.2) is 0 Å². The molecule has 1 aliphatic rings. The molecule has 0 aromatic heterocycles. The summed E-state index contributed by atoms with van der Waals surface area (Å²) in [5.74, 6) is 1.60. The molecule has 1 atom stereocenters. The van der Waals surface area contributed by atoms with Crippen LogP contribution in [0.25, 0.3) is 0 Å². The Kier molecular flexibility index (Phi) is 3.51. The van der Waals surface area contributed by atoms with Crippen LogP contribution in [0.5, 0.6) is 5.75 Å². The number of amides is 1. The average molecular weight is 235 g/mol. The number of ether oxygens (including phenoxy) is 1. The molecule has 1 N–H and O–H groups in total. The van der Waals surface area contributed by atoms with E-state index in [1.807, 2.05) is 24.3 Å². The van der Waals surface area contributed by atoms with Gasteiger partial charge >= 0.3 is 0 Å². The summed E-state index contributed by atoms with van der Waals surface area (Å²) in [7, 11) is 0. The zero-order chi connectivity index (χ0) is 11.4. The van der Waals surface area contributed by atoms with Gasteiger partial charge in [-0.15, -0.1) is 11.8 Å². The van der Waals surface area contributed by atoms with Crippen molar-refractivity contribution in [3.8, 4) is 5.75 Å². The number of thioether (sulfide) groups is 1. The monoisotopic (exact) mass is 235 g/mol. The molecule has 16 heavy (non-hydrogen) atoms. The van der Waals surface area contributed by atoms with Gasteiger partial charge in [0.1, 0.15) is 11.9 Å². The van der Waals surface area contributed by atoms with Crippen molar-refractivity contribution in [2.45, 2.75) is 11.0 Å². The molecular formula is C12H13NO2S. The van der Waals surface area contributed by atoms with Gasteiger partial charge in [0.25, 0.3) is 0 Å². The van der Waals surface area contributed by atoms with Gasteiger partial charge in [-0.2, -0.15) is 0 Å². The van der Waals surface area contributed by atoms with Crippen LogP contribution in [0.3, 0.4) is 0 Å². The molecule has 0 radical (unpaired) electrons. The number of hydrogen-bond acceptors (Lipinski definition) is 3. The molecule has 4 heteroatoms. The van der Waals surface area contributed by atoms with E-state index in [1.165, 1.54) is 6.08 Å². The molecule has 0 saturated carbocycles. The summed E-state index contributed by atoms with van der Waals surface area (Å²) in [5, 5.41) is 2.74. The lowest BCUT2D eigenvalue weighted by Gasteiger charge is -2.25. The Morgan fingerprint density at radius 2 is 2.44 bits per heavy atom. The van der Waals surface area contributed by atoms with Crippen LogP contribution in [0.2, 0.25) is 0 Å². The van der Waals surface area contributed by atoms with Crippen LogP contribution in [0.15, 0.2) is 41.8 Å². The number of carbonyl (C=O) groups excluding carboxylic acids is 1. The van der Waals surface area contributed by atoms with E-state index in [4.69, 9.17) is 4.74 Å². The van der Waals surface area contributed by atoms with E-state index < -0.39 is 0 Å². The maximum atomic E-state index is 11.0. The fourth-order valence-corrected chi connectivity index (χ4v) is 2.43. The highest BCUT2D eigenvalue weighted by Crippen LogP contribution is 2.34. The van der Waals surface area contributed by atoms with E-state index in [2.05, 4.69) is 11.9 Å². The van der Waals surface area contributed by atoms with Crippen molar-refractivity contribution in [1.82, 2.24) is 5.32 Å². The second kappa shape index (κ2) is 5.07. The first-order valence-electron chi connectivity index (χ1n) is 5.08. The summed E-state index contributed by atoms with van der Waals surface area (Å²) in [5.41, 5.74) is 0. The smallest absolute Gasteiger partial charge is 0.243 e. The topological polar surface area (TPSA) is 38.3 Å². The van der Waals surface area contributed by atoms with Gasteiger partial charge in [-0.05, 0) is 18.2 Å². The molecule has 3 nitrogen and oxygen atoms in total. The van der Waals surface area contributed by atoms with Crippen molar-refractivity contribution < 1.29 is 9.53 Å². The average Bonchev–Trinajstić information content (AvgIpc) is 2.35. The van der Waals surface area contributed by atoms with Gasteiger partial charge in [0.05, 0.1) is 6.54 Å². The Labute approximate surface area is 98.9 Å². The third-order valence-corrected chi connectivity index (χ3v) is 3.44. The second-order valence-corrected chi connectivity index (χ2v) is 4.51. The fourth-order valence-electron chi connectivity index (χ4n) is 1.45. The van der Waals surface area contributed by atoms with Crippen molar-refractivity contribution >= 4 is 17.7 Å². The summed E-state index contributed by atoms with van der Waals surface area (Å²) in [6.07, 6.45) is 1.30. The van der Waals surface area contributed by atoms with Gasteiger partial charge in [-0.1, -0.05) is 18.7 Å². The summed E-state index contributed by atoms with van der Waals surface area (Å²) in [6.45, 7) is 3.92. The van der Waals surface area contributed by atoms with Gasteiger partial charge in [0.15, 0.2) is 0 Å². The van der Waals surface area contributed by atoms with E-state index in [-0.39, 0.29) is 12.0 Å². The standard InChI is InChI=1S/C12H13NO2S/c1-2-12(14)13-7-9-8-16-11-6-4-3-5-10(11)15-9/h2-6,9H,1,7-8H2,(H,13,14). The summed E-state index contributed by atoms with van der Waals surface area (Å²) in [4.78, 5) is 12.2. The lowest BCUT2D eigenvalue weighted by molar-refractivity contribution is -0.116. The third-order valence-electron chi connectivity index (χ3n) is 2.26. The second-order valence-electron chi connectivity index (χ2n) is 3.45. The van der Waals surface area contributed by atoms with Crippen LogP contribution in [-0.4, -0.2) is 24.3 Å². The van der Waals surface area contributed by atoms with Gasteiger partial charge in [0.2, 0.25) is 5.91 Å². The quantitative estimate of drug-likeness (QED) is 0.812. The van der Waals surface area contributed by atoms with Crippen LogP contribution in [0.1, 0.15) is 0 Å². The molecule has 0 fully saturated rings. The molecule has 1 aromatic carbocycles. The highest BCUT2D eigenvalue weighted by atomic mass is 32.2. The maximum absolute atomic E-state index is 11.0. The number of rotatable bonds is 3. The lowest BCUT2D eigenvalue weighted by atomic mass is 10.3. The highest BCUT2D eigenvalue weighted by Gasteiger charge is 2.19. The van der Waals surface area contributed by atoms with Crippen LogP contribution in [-0.2, 0) is 4.79 Å². The summed E-state index contributed by atoms with van der Waals surface area (Å²) >= 11 is 1.75. The minimum atomic E-state index is -0.160. The highest BCUT2D eigenvalue weighted by molar-refractivity contribution is 7.99. The number of benzene rings is 1. The minimum Gasteiger partial charge on any atom is -0.487 e. The van der Waals surface area contributed by atoms with Crippen molar-refractivity contribution in [2.24, 2.45) is 0 Å². The number of para-hydroxylation sites is 1. The zero-order valence-electron chi connectivity index (χ0n) is 8.81. The fraction of sp³-hybridized carbons (Fsp3) is 0.250. The first-order valence-corrected chi connectivity index (χ1v) is 6.07. The number of nitrogens with one attached hydrogen (secondary N) is 1. The van der Waals surface area contributed by atoms with Gasteiger partial charge < -0.3 is 10.1 Å². The molecule has 0 aliphatic carbocycles. The van der Waals surface area contributed by atoms with Gasteiger partial charge in [-0.3, -0.25) is 4.79 Å². The summed E-state index contributed by atoms with van der Waals surface area (Å²) in [6, 6.07) is 7.93. The van der Waals surface area contributed by atoms with Crippen LogP contribution in [0.4, 0.5) is 0 Å². The van der Waals surface area contributed by atoms with Gasteiger partial charge in [0, 0.05) is 10.6 Å². The Morgan fingerprint density at radius 3 is 3.25 bits per heavy atom. The normalized spacial score (nSPS) is 18.1. The lowest BCUT2D eigenvalue weighted by Crippen LogP contribution is -2.37. The molecule has 0 spiro atoms. The zero-order valence-corrected chi connectivity index (χ0v) is 9.63. The Balaban J connectivity index is 1.93. The molecule has 0 saturated heterocycles. The molecule has 2 rings (SSSR count). The van der Waals surface area contributed by atoms with E-state index >= 15 is 0 Å². The van der Waals surface area contributed by atoms with Crippen molar-refractivity contribution in [2.75, 3.05) is 12.3 Å². The Hall–Kier alpha value is -1.42. The van der Waals surface area contributed by atoms with E-state index in [1.54, 1.807) is 11.8 Å². The largest absolute Gasteiger partial charge is 0.487 e. The number of hydrogen-bond donors (Lipinski definition) is 1. The van der Waals surface area contributed by atoms with Crippen LogP contribution < -0.4 is 10.1 Å². The molecule has 1 amide bonds. The molecule has 1 aromatic rings. The van der Waals surface area contributed by atoms with Crippen molar-refractivity contribution in [3.05, 3.63) is 36.9 Å². The third kappa shape index (κ3) is 2.58. The number of fused-ring (bicyclic) bond motifs is 1. The van der Waals surface area contributed by atoms with Crippen molar-refractivity contribution in [1.29, 1.82) is 0 Å². The minimum absolute atomic E-state index is 0.0313. The molecular weight excluding hydrogens is 222 g/mol. The number of carbonyl (C=O) groups is 1. The maximum Gasteiger partial charge on any atom is 0.243 e. The van der Waals surface area contributed by atoms with Crippen molar-refractivity contribution in [3.63, 3.8) is 0 Å². The van der Waals surface area contributed by atoms with E-state index in [0.717, 1.165) is 16.4 Å². The first kappa shape index (κ1) is 11.1. The van der Waals surface area contributed by atoms with E-state index in [0.29, 0.717) is 6.54 Å². The Bertz CT molecular complexity index is 406. The first-order chi connectivity index (χ1) is 7.79.